The average Bonchev–Trinajstić information content (AvgIpc) is 3.83. The summed E-state index contributed by atoms with van der Waals surface area (Å²) in [4.78, 5) is 39.7. The van der Waals surface area contributed by atoms with E-state index < -0.39 is 22.1 Å². The number of pyridine rings is 3. The van der Waals surface area contributed by atoms with Crippen molar-refractivity contribution in [3.63, 3.8) is 0 Å². The monoisotopic (exact) mass is 614 g/mol. The summed E-state index contributed by atoms with van der Waals surface area (Å²) in [6.45, 7) is 4.15. The molecule has 3 N–H and O–H groups in total. The first-order valence-electron chi connectivity index (χ1n) is 14.6. The number of ether oxygens (including phenoxy) is 1. The number of nitrogens with zero attached hydrogens (tertiary/aromatic N) is 3. The summed E-state index contributed by atoms with van der Waals surface area (Å²) in [5, 5.41) is 7.31. The lowest BCUT2D eigenvalue weighted by atomic mass is 9.98. The molecule has 1 saturated carbocycles. The normalized spacial score (nSPS) is 17.8. The number of nitrogens with one attached hydrogen (secondary N) is 3. The zero-order valence-electron chi connectivity index (χ0n) is 24.7. The second-order valence-corrected chi connectivity index (χ2v) is 13.4. The summed E-state index contributed by atoms with van der Waals surface area (Å²) in [5.41, 5.74) is 2.89. The Hall–Kier alpha value is -4.42. The van der Waals surface area contributed by atoms with Crippen molar-refractivity contribution in [1.29, 1.82) is 0 Å². The van der Waals surface area contributed by atoms with Crippen molar-refractivity contribution >= 4 is 32.6 Å². The van der Waals surface area contributed by atoms with Crippen molar-refractivity contribution < 1.29 is 22.7 Å². The minimum Gasteiger partial charge on any atom is -0.481 e. The highest BCUT2D eigenvalue weighted by Gasteiger charge is 2.38. The molecule has 0 bridgehead atoms. The number of hydrogen-bond donors (Lipinski definition) is 3. The predicted octanol–water partition coefficient (Wildman–Crippen LogP) is 4.19. The number of methoxy groups -OCH3 is 1. The Balaban J connectivity index is 1.46. The molecule has 0 aliphatic heterocycles. The number of aromatic nitrogens is 3. The van der Waals surface area contributed by atoms with Gasteiger partial charge in [-0.1, -0.05) is 13.8 Å². The van der Waals surface area contributed by atoms with Crippen molar-refractivity contribution in [3.05, 3.63) is 89.1 Å². The van der Waals surface area contributed by atoms with Crippen molar-refractivity contribution in [2.24, 2.45) is 5.92 Å². The van der Waals surface area contributed by atoms with E-state index in [2.05, 4.69) is 25.3 Å². The van der Waals surface area contributed by atoms with Crippen LogP contribution in [0.4, 0.5) is 0 Å². The van der Waals surface area contributed by atoms with Crippen LogP contribution in [0.25, 0.3) is 10.8 Å². The van der Waals surface area contributed by atoms with E-state index in [0.29, 0.717) is 45.7 Å². The third-order valence-electron chi connectivity index (χ3n) is 7.98. The maximum atomic E-state index is 13.8. The maximum absolute atomic E-state index is 13.8. The smallest absolute Gasteiger partial charge is 0.253 e. The molecule has 1 fully saturated rings. The molecule has 228 valence electrons. The molecule has 4 aromatic rings. The van der Waals surface area contributed by atoms with Gasteiger partial charge >= 0.3 is 0 Å². The molecule has 44 heavy (non-hydrogen) atoms. The lowest BCUT2D eigenvalue weighted by Crippen LogP contribution is -2.30. The van der Waals surface area contributed by atoms with E-state index in [-0.39, 0.29) is 29.2 Å². The number of benzene rings is 1. The van der Waals surface area contributed by atoms with Gasteiger partial charge in [-0.15, -0.1) is 0 Å². The summed E-state index contributed by atoms with van der Waals surface area (Å²) >= 11 is 0. The summed E-state index contributed by atoms with van der Waals surface area (Å²) < 4.78 is 35.4. The number of fused-ring (bicyclic) bond motifs is 3. The third kappa shape index (κ3) is 6.00. The molecule has 0 spiro atoms. The second kappa shape index (κ2) is 11.9. The van der Waals surface area contributed by atoms with E-state index in [0.717, 1.165) is 24.1 Å². The highest BCUT2D eigenvalue weighted by molar-refractivity contribution is 7.89. The van der Waals surface area contributed by atoms with Crippen LogP contribution in [0, 0.1) is 5.92 Å². The van der Waals surface area contributed by atoms with Crippen LogP contribution in [0.15, 0.2) is 66.1 Å². The van der Waals surface area contributed by atoms with E-state index in [1.165, 1.54) is 19.5 Å². The van der Waals surface area contributed by atoms with Crippen LogP contribution in [0.1, 0.15) is 88.6 Å². The molecule has 12 heteroatoms. The molecule has 0 unspecified atom stereocenters. The van der Waals surface area contributed by atoms with E-state index >= 15 is 0 Å². The van der Waals surface area contributed by atoms with E-state index in [9.17, 15) is 18.0 Å². The molecule has 2 aliphatic rings. The van der Waals surface area contributed by atoms with Gasteiger partial charge in [0.05, 0.1) is 35.2 Å². The van der Waals surface area contributed by atoms with Gasteiger partial charge in [0.2, 0.25) is 15.9 Å². The van der Waals surface area contributed by atoms with Gasteiger partial charge in [0.25, 0.3) is 11.8 Å². The summed E-state index contributed by atoms with van der Waals surface area (Å²) in [6.07, 6.45) is 8.53. The molecule has 3 aromatic heterocycles. The van der Waals surface area contributed by atoms with Crippen LogP contribution in [-0.2, 0) is 10.0 Å². The third-order valence-corrected chi connectivity index (χ3v) is 9.45. The fraction of sp³-hybridized carbons (Fsp3) is 0.344. The highest BCUT2D eigenvalue weighted by Crippen LogP contribution is 2.47. The molecule has 2 amide bonds. The van der Waals surface area contributed by atoms with Crippen LogP contribution in [0.2, 0.25) is 0 Å². The standard InChI is InChI=1S/C32H34N6O5S/c1-18(2)14-36-44(41,42)28-12-23-26(37-32(40)21-8-9-29(43-3)35-16-21)13-27(38-31(39)20-5-4-10-33-15-20)30(23)24-17-34-25(11-22(24)28)19-6-7-19/h4-5,8-12,15-19,26-27,36H,6-7,13-14H2,1-3H3,(H,37,40)(H,38,39)/t26-,27-/m1/s1. The van der Waals surface area contributed by atoms with Gasteiger partial charge < -0.3 is 15.4 Å². The number of carbonyl (C=O) groups excluding carboxylic acids is 2. The molecule has 6 rings (SSSR count). The van der Waals surface area contributed by atoms with Gasteiger partial charge in [-0.2, -0.15) is 0 Å². The Bertz CT molecular complexity index is 1830. The fourth-order valence-electron chi connectivity index (χ4n) is 5.56. The van der Waals surface area contributed by atoms with Crippen LogP contribution in [0.5, 0.6) is 5.88 Å². The van der Waals surface area contributed by atoms with Gasteiger partial charge in [-0.05, 0) is 66.6 Å². The van der Waals surface area contributed by atoms with Crippen molar-refractivity contribution in [2.75, 3.05) is 13.7 Å². The predicted molar refractivity (Wildman–Crippen MR) is 164 cm³/mol. The van der Waals surface area contributed by atoms with Crippen molar-refractivity contribution in [2.45, 2.75) is 56.0 Å². The maximum Gasteiger partial charge on any atom is 0.253 e. The molecule has 11 nitrogen and oxygen atoms in total. The lowest BCUT2D eigenvalue weighted by molar-refractivity contribution is 0.0928. The zero-order valence-corrected chi connectivity index (χ0v) is 25.5. The van der Waals surface area contributed by atoms with Crippen molar-refractivity contribution in [3.8, 4) is 5.88 Å². The minimum atomic E-state index is -3.93. The number of amides is 2. The molecule has 3 heterocycles. The molecular formula is C32H34N6O5S. The van der Waals surface area contributed by atoms with Gasteiger partial charge in [0, 0.05) is 59.8 Å². The van der Waals surface area contributed by atoms with Crippen LogP contribution >= 0.6 is 0 Å². The van der Waals surface area contributed by atoms with Gasteiger partial charge in [0.1, 0.15) is 0 Å². The first-order valence-corrected chi connectivity index (χ1v) is 16.1. The van der Waals surface area contributed by atoms with Gasteiger partial charge in [-0.3, -0.25) is 19.6 Å². The van der Waals surface area contributed by atoms with Crippen LogP contribution in [0.3, 0.4) is 0 Å². The van der Waals surface area contributed by atoms with E-state index in [1.807, 2.05) is 19.9 Å². The molecule has 1 aromatic carbocycles. The van der Waals surface area contributed by atoms with E-state index in [1.54, 1.807) is 42.7 Å². The summed E-state index contributed by atoms with van der Waals surface area (Å²) in [6, 6.07) is 8.93. The van der Waals surface area contributed by atoms with Crippen LogP contribution in [-0.4, -0.2) is 48.8 Å². The molecule has 2 atom stereocenters. The van der Waals surface area contributed by atoms with E-state index in [4.69, 9.17) is 9.72 Å². The topological polar surface area (TPSA) is 152 Å². The first-order chi connectivity index (χ1) is 21.1. The number of sulfonamides is 1. The Morgan fingerprint density at radius 2 is 1.70 bits per heavy atom. The second-order valence-electron chi connectivity index (χ2n) is 11.7. The molecule has 0 radical (unpaired) electrons. The number of rotatable bonds is 10. The summed E-state index contributed by atoms with van der Waals surface area (Å²) in [7, 11) is -2.44. The summed E-state index contributed by atoms with van der Waals surface area (Å²) in [5.74, 6) is 0.0648. The SMILES string of the molecule is COc1ccc(C(=O)N[C@@H]2C[C@@H](NC(=O)c3cccnc3)c3c2cc(S(=O)(=O)NCC(C)C)c2cc(C4CC4)ncc32)cn1. The largest absolute Gasteiger partial charge is 0.481 e. The Morgan fingerprint density at radius 3 is 2.34 bits per heavy atom. The average molecular weight is 615 g/mol. The molecular weight excluding hydrogens is 580 g/mol. The number of carbonyl (C=O) groups is 2. The van der Waals surface area contributed by atoms with Crippen LogP contribution < -0.4 is 20.1 Å². The Kier molecular flexibility index (Phi) is 8.04. The highest BCUT2D eigenvalue weighted by atomic mass is 32.2. The van der Waals surface area contributed by atoms with Gasteiger partial charge in [0.15, 0.2) is 0 Å². The molecule has 0 saturated heterocycles. The van der Waals surface area contributed by atoms with Gasteiger partial charge in [-0.25, -0.2) is 18.1 Å². The fourth-order valence-corrected chi connectivity index (χ4v) is 7.01. The Labute approximate surface area is 255 Å². The quantitative estimate of drug-likeness (QED) is 0.241. The Morgan fingerprint density at radius 1 is 0.955 bits per heavy atom. The van der Waals surface area contributed by atoms with Crippen molar-refractivity contribution in [1.82, 2.24) is 30.3 Å². The minimum absolute atomic E-state index is 0.103. The lowest BCUT2D eigenvalue weighted by Gasteiger charge is -2.19. The first kappa shape index (κ1) is 29.6. The zero-order chi connectivity index (χ0) is 31.0. The number of hydrogen-bond acceptors (Lipinski definition) is 8. The molecule has 2 aliphatic carbocycles.